The summed E-state index contributed by atoms with van der Waals surface area (Å²) in [4.78, 5) is 2.17. The molecule has 0 aliphatic carbocycles. The molecular weight excluding hydrogens is 376 g/mol. The fourth-order valence-electron chi connectivity index (χ4n) is 2.63. The number of rotatable bonds is 5. The summed E-state index contributed by atoms with van der Waals surface area (Å²) in [6.07, 6.45) is 1.64. The number of aromatic nitrogens is 2. The minimum absolute atomic E-state index is 0.470. The second kappa shape index (κ2) is 7.88. The zero-order chi connectivity index (χ0) is 17.9. The fourth-order valence-corrected chi connectivity index (χ4v) is 4.86. The molecule has 2 aromatic rings. The molecule has 3 rings (SSSR count). The van der Waals surface area contributed by atoms with Gasteiger partial charge >= 0.3 is 0 Å². The molecular formula is C16H20N4O2S3. The monoisotopic (exact) mass is 396 g/mol. The molecule has 1 aliphatic heterocycles. The van der Waals surface area contributed by atoms with Crippen LogP contribution >= 0.6 is 23.6 Å². The lowest BCUT2D eigenvalue weighted by Crippen LogP contribution is -2.48. The molecule has 0 unspecified atom stereocenters. The van der Waals surface area contributed by atoms with E-state index in [1.807, 2.05) is 37.3 Å². The Balaban J connectivity index is 1.58. The smallest absolute Gasteiger partial charge is 0.236 e. The number of piperazine rings is 1. The first-order valence-electron chi connectivity index (χ1n) is 7.94. The Hall–Kier alpha value is -1.39. The Labute approximate surface area is 157 Å². The van der Waals surface area contributed by atoms with Crippen molar-refractivity contribution in [2.24, 2.45) is 0 Å². The van der Waals surface area contributed by atoms with E-state index in [4.69, 9.17) is 12.2 Å². The molecule has 1 aromatic heterocycles. The molecule has 2 heterocycles. The maximum atomic E-state index is 12.5. The van der Waals surface area contributed by atoms with Crippen molar-refractivity contribution >= 4 is 39.7 Å². The van der Waals surface area contributed by atoms with E-state index >= 15 is 0 Å². The van der Waals surface area contributed by atoms with Gasteiger partial charge in [-0.05, 0) is 30.8 Å². The Morgan fingerprint density at radius 1 is 1.20 bits per heavy atom. The van der Waals surface area contributed by atoms with Gasteiger partial charge in [0.2, 0.25) is 10.0 Å². The maximum Gasteiger partial charge on any atom is 0.236 e. The number of sulfonamides is 1. The molecule has 134 valence electrons. The first kappa shape index (κ1) is 18.4. The molecule has 1 aromatic carbocycles. The van der Waals surface area contributed by atoms with Crippen LogP contribution < -0.4 is 0 Å². The van der Waals surface area contributed by atoms with Gasteiger partial charge in [0.05, 0.1) is 6.67 Å². The van der Waals surface area contributed by atoms with Gasteiger partial charge in [0, 0.05) is 31.6 Å². The molecule has 0 bridgehead atoms. The summed E-state index contributed by atoms with van der Waals surface area (Å²) in [7, 11) is -3.40. The quantitative estimate of drug-likeness (QED) is 0.727. The van der Waals surface area contributed by atoms with Crippen LogP contribution in [0.25, 0.3) is 6.08 Å². The van der Waals surface area contributed by atoms with Crippen LogP contribution in [0.1, 0.15) is 10.6 Å². The summed E-state index contributed by atoms with van der Waals surface area (Å²) >= 11 is 6.77. The van der Waals surface area contributed by atoms with Crippen LogP contribution in [0.15, 0.2) is 35.7 Å². The summed E-state index contributed by atoms with van der Waals surface area (Å²) < 4.78 is 29.0. The highest BCUT2D eigenvalue weighted by Crippen LogP contribution is 2.13. The van der Waals surface area contributed by atoms with Crippen molar-refractivity contribution in [3.63, 3.8) is 0 Å². The average Bonchev–Trinajstić information content (AvgIpc) is 2.92. The van der Waals surface area contributed by atoms with E-state index in [0.717, 1.165) is 14.5 Å². The standard InChI is InChI=1S/C16H20N4O2S3/c1-14-17-20(16(23)24-14)13-18-8-10-19(11-9-18)25(21,22)12-7-15-5-3-2-4-6-15/h2-7,12H,8-11,13H2,1H3/b12-7+. The van der Waals surface area contributed by atoms with Crippen LogP contribution in [0, 0.1) is 10.9 Å². The van der Waals surface area contributed by atoms with E-state index in [9.17, 15) is 8.42 Å². The van der Waals surface area contributed by atoms with Gasteiger partial charge < -0.3 is 0 Å². The average molecular weight is 397 g/mol. The first-order chi connectivity index (χ1) is 11.9. The fraction of sp³-hybridized carbons (Fsp3) is 0.375. The molecule has 0 spiro atoms. The number of nitrogens with zero attached hydrogens (tertiary/aromatic N) is 4. The summed E-state index contributed by atoms with van der Waals surface area (Å²) in [5.41, 5.74) is 0.873. The second-order valence-electron chi connectivity index (χ2n) is 5.80. The molecule has 0 radical (unpaired) electrons. The van der Waals surface area contributed by atoms with Crippen LogP contribution in [-0.2, 0) is 16.7 Å². The molecule has 0 amide bonds. The lowest BCUT2D eigenvalue weighted by Gasteiger charge is -2.32. The van der Waals surface area contributed by atoms with Gasteiger partial charge in [-0.1, -0.05) is 41.7 Å². The van der Waals surface area contributed by atoms with Crippen LogP contribution in [0.5, 0.6) is 0 Å². The summed E-state index contributed by atoms with van der Waals surface area (Å²) in [5, 5.41) is 6.61. The van der Waals surface area contributed by atoms with Crippen molar-refractivity contribution in [3.05, 3.63) is 50.3 Å². The Morgan fingerprint density at radius 3 is 2.48 bits per heavy atom. The van der Waals surface area contributed by atoms with Gasteiger partial charge in [0.1, 0.15) is 5.01 Å². The van der Waals surface area contributed by atoms with Gasteiger partial charge in [-0.2, -0.15) is 9.40 Å². The van der Waals surface area contributed by atoms with Crippen molar-refractivity contribution < 1.29 is 8.42 Å². The zero-order valence-corrected chi connectivity index (χ0v) is 16.4. The molecule has 1 fully saturated rings. The van der Waals surface area contributed by atoms with E-state index in [1.54, 1.807) is 10.8 Å². The van der Waals surface area contributed by atoms with Gasteiger partial charge in [-0.3, -0.25) is 4.90 Å². The number of benzene rings is 1. The van der Waals surface area contributed by atoms with E-state index in [0.29, 0.717) is 32.8 Å². The van der Waals surface area contributed by atoms with Crippen molar-refractivity contribution in [1.82, 2.24) is 19.0 Å². The Morgan fingerprint density at radius 2 is 1.88 bits per heavy atom. The van der Waals surface area contributed by atoms with Crippen LogP contribution in [-0.4, -0.2) is 53.6 Å². The molecule has 0 atom stereocenters. The van der Waals surface area contributed by atoms with Crippen molar-refractivity contribution in [2.75, 3.05) is 26.2 Å². The predicted octanol–water partition coefficient (Wildman–Crippen LogP) is 2.56. The number of hydrogen-bond donors (Lipinski definition) is 0. The van der Waals surface area contributed by atoms with Crippen molar-refractivity contribution in [3.8, 4) is 0 Å². The molecule has 1 aliphatic rings. The predicted molar refractivity (Wildman–Crippen MR) is 103 cm³/mol. The third-order valence-electron chi connectivity index (χ3n) is 3.96. The summed E-state index contributed by atoms with van der Waals surface area (Å²) in [6, 6.07) is 9.43. The summed E-state index contributed by atoms with van der Waals surface area (Å²) in [6.45, 7) is 4.81. The third-order valence-corrected chi connectivity index (χ3v) is 6.75. The van der Waals surface area contributed by atoms with E-state index in [-0.39, 0.29) is 0 Å². The number of aryl methyl sites for hydroxylation is 1. The highest BCUT2D eigenvalue weighted by molar-refractivity contribution is 7.92. The van der Waals surface area contributed by atoms with E-state index < -0.39 is 10.0 Å². The molecule has 9 heteroatoms. The van der Waals surface area contributed by atoms with Crippen molar-refractivity contribution in [2.45, 2.75) is 13.6 Å². The maximum absolute atomic E-state index is 12.5. The zero-order valence-electron chi connectivity index (χ0n) is 13.9. The third kappa shape index (κ3) is 4.83. The Bertz CT molecular complexity index is 895. The molecule has 1 saturated heterocycles. The first-order valence-corrected chi connectivity index (χ1v) is 10.7. The van der Waals surface area contributed by atoms with Gasteiger partial charge in [-0.25, -0.2) is 13.1 Å². The highest BCUT2D eigenvalue weighted by atomic mass is 32.2. The second-order valence-corrected chi connectivity index (χ2v) is 9.45. The van der Waals surface area contributed by atoms with Crippen LogP contribution in [0.4, 0.5) is 0 Å². The summed E-state index contributed by atoms with van der Waals surface area (Å²) in [5.74, 6) is 0. The minimum Gasteiger partial charge on any atom is -0.282 e. The van der Waals surface area contributed by atoms with Gasteiger partial charge in [0.25, 0.3) is 0 Å². The van der Waals surface area contributed by atoms with Gasteiger partial charge in [0.15, 0.2) is 3.95 Å². The van der Waals surface area contributed by atoms with Crippen molar-refractivity contribution in [1.29, 1.82) is 0 Å². The van der Waals surface area contributed by atoms with Crippen LogP contribution in [0.3, 0.4) is 0 Å². The SMILES string of the molecule is Cc1nn(CN2CCN(S(=O)(=O)/C=C/c3ccccc3)CC2)c(=S)s1. The lowest BCUT2D eigenvalue weighted by atomic mass is 10.2. The largest absolute Gasteiger partial charge is 0.282 e. The molecule has 0 saturated carbocycles. The molecule has 6 nitrogen and oxygen atoms in total. The molecule has 0 N–H and O–H groups in total. The normalized spacial score (nSPS) is 17.3. The molecule has 25 heavy (non-hydrogen) atoms. The topological polar surface area (TPSA) is 58.4 Å². The minimum atomic E-state index is -3.40. The lowest BCUT2D eigenvalue weighted by molar-refractivity contribution is 0.145. The van der Waals surface area contributed by atoms with E-state index in [1.165, 1.54) is 21.1 Å². The highest BCUT2D eigenvalue weighted by Gasteiger charge is 2.25. The van der Waals surface area contributed by atoms with E-state index in [2.05, 4.69) is 10.00 Å². The number of hydrogen-bond acceptors (Lipinski definition) is 6. The van der Waals surface area contributed by atoms with Crippen LogP contribution in [0.2, 0.25) is 0 Å². The Kier molecular flexibility index (Phi) is 5.80. The van der Waals surface area contributed by atoms with Gasteiger partial charge in [-0.15, -0.1) is 0 Å².